The summed E-state index contributed by atoms with van der Waals surface area (Å²) in [5, 5.41) is 3.07. The molecular formula is C9H16ClF3N2O. The maximum atomic E-state index is 12.3. The van der Waals surface area contributed by atoms with Crippen molar-refractivity contribution in [2.24, 2.45) is 5.92 Å². The Balaban J connectivity index is 0.00000225. The first-order valence-corrected chi connectivity index (χ1v) is 4.91. The van der Waals surface area contributed by atoms with Gasteiger partial charge >= 0.3 is 6.18 Å². The monoisotopic (exact) mass is 260 g/mol. The van der Waals surface area contributed by atoms with Crippen LogP contribution in [0.25, 0.3) is 0 Å². The molecular weight excluding hydrogens is 245 g/mol. The molecule has 0 bridgehead atoms. The van der Waals surface area contributed by atoms with E-state index in [1.807, 2.05) is 6.92 Å². The van der Waals surface area contributed by atoms with E-state index in [1.54, 1.807) is 0 Å². The van der Waals surface area contributed by atoms with Crippen molar-refractivity contribution in [1.82, 2.24) is 10.2 Å². The summed E-state index contributed by atoms with van der Waals surface area (Å²) in [6.45, 7) is 4.01. The Labute approximate surface area is 98.8 Å². The molecule has 2 atom stereocenters. The predicted molar refractivity (Wildman–Crippen MR) is 56.5 cm³/mol. The largest absolute Gasteiger partial charge is 0.400 e. The van der Waals surface area contributed by atoms with Gasteiger partial charge in [-0.1, -0.05) is 0 Å². The smallest absolute Gasteiger partial charge is 0.339 e. The first kappa shape index (κ1) is 15.5. The summed E-state index contributed by atoms with van der Waals surface area (Å²) in [5.74, 6) is -2.72. The molecule has 1 aliphatic rings. The minimum atomic E-state index is -4.44. The van der Waals surface area contributed by atoms with Crippen molar-refractivity contribution in [2.75, 3.05) is 19.6 Å². The zero-order valence-electron chi connectivity index (χ0n) is 9.17. The molecule has 1 fully saturated rings. The number of hydrogen-bond donors (Lipinski definition) is 1. The molecule has 1 rings (SSSR count). The Kier molecular flexibility index (Phi) is 5.55. The van der Waals surface area contributed by atoms with Crippen molar-refractivity contribution in [1.29, 1.82) is 0 Å². The molecule has 0 aliphatic carbocycles. The van der Waals surface area contributed by atoms with Gasteiger partial charge in [-0.25, -0.2) is 0 Å². The molecule has 0 radical (unpaired) electrons. The van der Waals surface area contributed by atoms with E-state index in [2.05, 4.69) is 5.32 Å². The lowest BCUT2D eigenvalue weighted by atomic mass is 10.1. The molecule has 0 spiro atoms. The van der Waals surface area contributed by atoms with Crippen LogP contribution in [0.5, 0.6) is 0 Å². The molecule has 96 valence electrons. The number of carbonyl (C=O) groups excluding carboxylic acids is 1. The normalized spacial score (nSPS) is 23.6. The number of alkyl halides is 3. The predicted octanol–water partition coefficient (Wildman–Crippen LogP) is 1.43. The molecule has 0 aromatic rings. The first-order chi connectivity index (χ1) is 6.82. The SMILES string of the molecule is CC(C(=O)N1CCN[C@@H](C)C1)C(F)(F)F.Cl. The molecule has 1 saturated heterocycles. The van der Waals surface area contributed by atoms with E-state index < -0.39 is 18.0 Å². The van der Waals surface area contributed by atoms with Gasteiger partial charge in [-0.15, -0.1) is 12.4 Å². The van der Waals surface area contributed by atoms with E-state index >= 15 is 0 Å². The number of amides is 1. The van der Waals surface area contributed by atoms with Crippen LogP contribution in [0.2, 0.25) is 0 Å². The van der Waals surface area contributed by atoms with Crippen LogP contribution in [0, 0.1) is 5.92 Å². The van der Waals surface area contributed by atoms with Crippen molar-refractivity contribution in [3.05, 3.63) is 0 Å². The Bertz CT molecular complexity index is 247. The summed E-state index contributed by atoms with van der Waals surface area (Å²) >= 11 is 0. The van der Waals surface area contributed by atoms with Gasteiger partial charge in [-0.3, -0.25) is 4.79 Å². The summed E-state index contributed by atoms with van der Waals surface area (Å²) in [4.78, 5) is 12.7. The highest BCUT2D eigenvalue weighted by atomic mass is 35.5. The van der Waals surface area contributed by atoms with Crippen LogP contribution in [0.1, 0.15) is 13.8 Å². The lowest BCUT2D eigenvalue weighted by Gasteiger charge is -2.33. The molecule has 16 heavy (non-hydrogen) atoms. The van der Waals surface area contributed by atoms with Gasteiger partial charge in [-0.2, -0.15) is 13.2 Å². The number of hydrogen-bond acceptors (Lipinski definition) is 2. The third kappa shape index (κ3) is 3.83. The van der Waals surface area contributed by atoms with Crippen LogP contribution >= 0.6 is 12.4 Å². The lowest BCUT2D eigenvalue weighted by molar-refractivity contribution is -0.186. The van der Waals surface area contributed by atoms with Crippen LogP contribution in [0.3, 0.4) is 0 Å². The van der Waals surface area contributed by atoms with E-state index in [1.165, 1.54) is 4.90 Å². The molecule has 3 nitrogen and oxygen atoms in total. The summed E-state index contributed by atoms with van der Waals surface area (Å²) in [6.07, 6.45) is -4.44. The molecule has 1 aliphatic heterocycles. The molecule has 0 aromatic heterocycles. The summed E-state index contributed by atoms with van der Waals surface area (Å²) < 4.78 is 36.9. The maximum Gasteiger partial charge on any atom is 0.400 e. The summed E-state index contributed by atoms with van der Waals surface area (Å²) in [6, 6.07) is 0.0585. The number of carbonyl (C=O) groups is 1. The van der Waals surface area contributed by atoms with Gasteiger partial charge in [0.05, 0.1) is 0 Å². The highest BCUT2D eigenvalue weighted by Crippen LogP contribution is 2.27. The minimum absolute atomic E-state index is 0. The van der Waals surface area contributed by atoms with E-state index in [-0.39, 0.29) is 18.4 Å². The lowest BCUT2D eigenvalue weighted by Crippen LogP contribution is -2.53. The second-order valence-electron chi connectivity index (χ2n) is 3.90. The number of halogens is 4. The number of piperazine rings is 1. The van der Waals surface area contributed by atoms with Crippen molar-refractivity contribution in [3.63, 3.8) is 0 Å². The number of rotatable bonds is 1. The van der Waals surface area contributed by atoms with Crippen LogP contribution in [-0.4, -0.2) is 42.7 Å². The molecule has 1 amide bonds. The standard InChI is InChI=1S/C9H15F3N2O.ClH/c1-6-5-14(4-3-13-6)8(15)7(2)9(10,11)12;/h6-7,13H,3-5H2,1-2H3;1H/t6-,7?;/m0./s1. The Morgan fingerprint density at radius 1 is 1.50 bits per heavy atom. The topological polar surface area (TPSA) is 32.3 Å². The van der Waals surface area contributed by atoms with Gasteiger partial charge in [0.2, 0.25) is 5.91 Å². The first-order valence-electron chi connectivity index (χ1n) is 4.91. The zero-order chi connectivity index (χ0) is 11.6. The quantitative estimate of drug-likeness (QED) is 0.774. The molecule has 1 heterocycles. The average Bonchev–Trinajstić information content (AvgIpc) is 2.14. The summed E-state index contributed by atoms with van der Waals surface area (Å²) in [7, 11) is 0. The van der Waals surface area contributed by atoms with Gasteiger partial charge in [0.1, 0.15) is 5.92 Å². The van der Waals surface area contributed by atoms with E-state index in [0.29, 0.717) is 19.6 Å². The molecule has 1 N–H and O–H groups in total. The Morgan fingerprint density at radius 2 is 2.06 bits per heavy atom. The summed E-state index contributed by atoms with van der Waals surface area (Å²) in [5.41, 5.74) is 0. The second-order valence-corrected chi connectivity index (χ2v) is 3.90. The Morgan fingerprint density at radius 3 is 2.50 bits per heavy atom. The fraction of sp³-hybridized carbons (Fsp3) is 0.889. The van der Waals surface area contributed by atoms with Crippen molar-refractivity contribution in [2.45, 2.75) is 26.1 Å². The van der Waals surface area contributed by atoms with Crippen LogP contribution in [0.15, 0.2) is 0 Å². The molecule has 0 saturated carbocycles. The van der Waals surface area contributed by atoms with Gasteiger partial charge in [0.25, 0.3) is 0 Å². The highest BCUT2D eigenvalue weighted by Gasteiger charge is 2.43. The molecule has 1 unspecified atom stereocenters. The minimum Gasteiger partial charge on any atom is -0.339 e. The highest BCUT2D eigenvalue weighted by molar-refractivity contribution is 5.85. The molecule has 7 heteroatoms. The van der Waals surface area contributed by atoms with Crippen molar-refractivity contribution in [3.8, 4) is 0 Å². The van der Waals surface area contributed by atoms with Gasteiger partial charge < -0.3 is 10.2 Å². The van der Waals surface area contributed by atoms with Crippen LogP contribution < -0.4 is 5.32 Å². The van der Waals surface area contributed by atoms with Gasteiger partial charge in [-0.05, 0) is 13.8 Å². The fourth-order valence-electron chi connectivity index (χ4n) is 1.55. The zero-order valence-corrected chi connectivity index (χ0v) is 9.99. The fourth-order valence-corrected chi connectivity index (χ4v) is 1.55. The molecule has 0 aromatic carbocycles. The van der Waals surface area contributed by atoms with Crippen LogP contribution in [-0.2, 0) is 4.79 Å². The van der Waals surface area contributed by atoms with E-state index in [9.17, 15) is 18.0 Å². The van der Waals surface area contributed by atoms with E-state index in [4.69, 9.17) is 0 Å². The van der Waals surface area contributed by atoms with Crippen LogP contribution in [0.4, 0.5) is 13.2 Å². The van der Waals surface area contributed by atoms with Crippen molar-refractivity contribution >= 4 is 18.3 Å². The van der Waals surface area contributed by atoms with Gasteiger partial charge in [0.15, 0.2) is 0 Å². The number of nitrogens with zero attached hydrogens (tertiary/aromatic N) is 1. The van der Waals surface area contributed by atoms with E-state index in [0.717, 1.165) is 6.92 Å². The van der Waals surface area contributed by atoms with Gasteiger partial charge in [0, 0.05) is 25.7 Å². The third-order valence-electron chi connectivity index (χ3n) is 2.54. The van der Waals surface area contributed by atoms with Crippen molar-refractivity contribution < 1.29 is 18.0 Å². The Hall–Kier alpha value is -0.490. The third-order valence-corrected chi connectivity index (χ3v) is 2.54. The second kappa shape index (κ2) is 5.72. The maximum absolute atomic E-state index is 12.3. The number of nitrogens with one attached hydrogen (secondary N) is 1. The average molecular weight is 261 g/mol.